The average molecular weight is 599 g/mol. The number of carbonyl (C=O) groups is 2. The Balaban J connectivity index is 0.947. The van der Waals surface area contributed by atoms with Crippen LogP contribution < -0.4 is 30.9 Å². The van der Waals surface area contributed by atoms with E-state index in [1.54, 1.807) is 0 Å². The molecule has 1 spiro atoms. The predicted octanol–water partition coefficient (Wildman–Crippen LogP) is 1.41. The minimum absolute atomic E-state index is 0.00936. The first-order chi connectivity index (χ1) is 20.7. The molecule has 228 valence electrons. The molecule has 2 saturated heterocycles. The Morgan fingerprint density at radius 2 is 2.00 bits per heavy atom. The lowest BCUT2D eigenvalue weighted by atomic mass is 9.75. The van der Waals surface area contributed by atoms with Gasteiger partial charge in [-0.25, -0.2) is 23.5 Å². The molecule has 3 fully saturated rings. The lowest BCUT2D eigenvalue weighted by Crippen LogP contribution is -2.56. The molecule has 3 aliphatic heterocycles. The highest BCUT2D eigenvalue weighted by Gasteiger charge is 2.55. The topological polar surface area (TPSA) is 162 Å². The normalized spacial score (nSPS) is 29.0. The number of rotatable bonds is 8. The zero-order chi connectivity index (χ0) is 29.9. The van der Waals surface area contributed by atoms with Crippen LogP contribution in [0.5, 0.6) is 5.88 Å². The second-order valence-electron chi connectivity index (χ2n) is 12.0. The van der Waals surface area contributed by atoms with Gasteiger partial charge in [0, 0.05) is 38.0 Å². The number of aromatic nitrogens is 2. The summed E-state index contributed by atoms with van der Waals surface area (Å²) in [6.07, 6.45) is 2.88. The van der Waals surface area contributed by atoms with Crippen LogP contribution in [0.3, 0.4) is 0 Å². The number of anilines is 3. The molecule has 2 aromatic rings. The van der Waals surface area contributed by atoms with Crippen molar-refractivity contribution in [3.63, 3.8) is 0 Å². The number of fused-ring (bicyclic) bond motifs is 2. The van der Waals surface area contributed by atoms with Crippen molar-refractivity contribution in [1.29, 1.82) is 0 Å². The summed E-state index contributed by atoms with van der Waals surface area (Å²) in [7, 11) is 0. The number of hydrogen-bond donors (Lipinski definition) is 5. The van der Waals surface area contributed by atoms with Crippen molar-refractivity contribution in [2.75, 3.05) is 48.3 Å². The fourth-order valence-electron chi connectivity index (χ4n) is 6.80. The van der Waals surface area contributed by atoms with E-state index in [0.717, 1.165) is 0 Å². The molecule has 43 heavy (non-hydrogen) atoms. The number of β-amino-alcohol motifs (C(OH)–C–C–N with tert-alkyl or cyclic N) is 1. The molecule has 5 aliphatic rings. The first-order valence-electron chi connectivity index (χ1n) is 14.4. The number of aliphatic hydroxyl groups is 1. The summed E-state index contributed by atoms with van der Waals surface area (Å²) in [5.74, 6) is -0.804. The molecule has 15 heteroatoms. The number of aliphatic imine (C=N–C) groups is 1. The van der Waals surface area contributed by atoms with Gasteiger partial charge in [-0.3, -0.25) is 14.7 Å². The number of ether oxygens (including phenoxy) is 2. The molecule has 2 aliphatic carbocycles. The fraction of sp³-hybridized carbons (Fsp3) is 0.536. The van der Waals surface area contributed by atoms with Crippen molar-refractivity contribution in [3.05, 3.63) is 29.0 Å². The van der Waals surface area contributed by atoms with Gasteiger partial charge in [0.25, 0.3) is 11.8 Å². The molecule has 13 nitrogen and oxygen atoms in total. The lowest BCUT2D eigenvalue weighted by Gasteiger charge is -2.43. The maximum Gasteiger partial charge on any atom is 0.416 e. The van der Waals surface area contributed by atoms with Crippen molar-refractivity contribution in [2.45, 2.75) is 55.9 Å². The van der Waals surface area contributed by atoms with Crippen LogP contribution in [0.1, 0.15) is 30.4 Å². The molecule has 1 aromatic carbocycles. The van der Waals surface area contributed by atoms with Crippen LogP contribution in [0.15, 0.2) is 11.2 Å². The van der Waals surface area contributed by atoms with E-state index in [4.69, 9.17) is 9.47 Å². The SMILES string of the molecule is C=Nc1c(F)c2c(c(F)c1NCC1CC(O)CN1)CC(CNC1CC3(C1)CN(c1cnc4c(n1)NC(=O)CO4)C(=O)O3)C2. The molecule has 0 bridgehead atoms. The van der Waals surface area contributed by atoms with Gasteiger partial charge in [-0.05, 0) is 49.6 Å². The van der Waals surface area contributed by atoms with Gasteiger partial charge in [-0.15, -0.1) is 0 Å². The first kappa shape index (κ1) is 27.9. The predicted molar refractivity (Wildman–Crippen MR) is 151 cm³/mol. The van der Waals surface area contributed by atoms with Gasteiger partial charge in [0.1, 0.15) is 11.3 Å². The van der Waals surface area contributed by atoms with Crippen molar-refractivity contribution in [2.24, 2.45) is 10.9 Å². The summed E-state index contributed by atoms with van der Waals surface area (Å²) in [6.45, 7) is 4.96. The van der Waals surface area contributed by atoms with Crippen LogP contribution >= 0.6 is 0 Å². The lowest BCUT2D eigenvalue weighted by molar-refractivity contribution is -0.118. The number of nitrogens with zero attached hydrogens (tertiary/aromatic N) is 4. The zero-order valence-corrected chi connectivity index (χ0v) is 23.3. The molecule has 2 amide bonds. The van der Waals surface area contributed by atoms with E-state index in [1.807, 2.05) is 0 Å². The first-order valence-corrected chi connectivity index (χ1v) is 14.4. The quantitative estimate of drug-likeness (QED) is 0.281. The molecule has 4 heterocycles. The van der Waals surface area contributed by atoms with E-state index in [-0.39, 0.29) is 59.4 Å². The van der Waals surface area contributed by atoms with Crippen molar-refractivity contribution in [1.82, 2.24) is 20.6 Å². The van der Waals surface area contributed by atoms with Crippen LogP contribution in [0.2, 0.25) is 0 Å². The summed E-state index contributed by atoms with van der Waals surface area (Å²) in [6, 6.07) is 0.0193. The summed E-state index contributed by atoms with van der Waals surface area (Å²) in [4.78, 5) is 38.0. The molecular formula is C28H32F2N8O5. The van der Waals surface area contributed by atoms with Gasteiger partial charge in [-0.1, -0.05) is 0 Å². The Kier molecular flexibility index (Phi) is 6.90. The van der Waals surface area contributed by atoms with Gasteiger partial charge < -0.3 is 35.8 Å². The smallest absolute Gasteiger partial charge is 0.416 e. The monoisotopic (exact) mass is 598 g/mol. The fourth-order valence-corrected chi connectivity index (χ4v) is 6.80. The van der Waals surface area contributed by atoms with E-state index in [2.05, 4.69) is 42.9 Å². The third-order valence-electron chi connectivity index (χ3n) is 8.93. The van der Waals surface area contributed by atoms with Crippen LogP contribution in [0, 0.1) is 17.6 Å². The third-order valence-corrected chi connectivity index (χ3v) is 8.93. The Morgan fingerprint density at radius 1 is 1.21 bits per heavy atom. The Labute approximate surface area is 245 Å². The van der Waals surface area contributed by atoms with E-state index in [9.17, 15) is 14.7 Å². The van der Waals surface area contributed by atoms with Crippen LogP contribution in [-0.2, 0) is 22.4 Å². The number of nitrogens with one attached hydrogen (secondary N) is 4. The zero-order valence-electron chi connectivity index (χ0n) is 23.3. The summed E-state index contributed by atoms with van der Waals surface area (Å²) < 4.78 is 42.0. The second kappa shape index (κ2) is 10.6. The van der Waals surface area contributed by atoms with E-state index >= 15 is 8.78 Å². The molecule has 1 aromatic heterocycles. The van der Waals surface area contributed by atoms with E-state index < -0.39 is 29.4 Å². The van der Waals surface area contributed by atoms with Crippen molar-refractivity contribution in [3.8, 4) is 5.88 Å². The summed E-state index contributed by atoms with van der Waals surface area (Å²) in [5, 5.41) is 21.9. The average Bonchev–Trinajstić information content (AvgIpc) is 3.69. The minimum atomic E-state index is -0.668. The second-order valence-corrected chi connectivity index (χ2v) is 12.0. The Bertz CT molecular complexity index is 1500. The number of benzene rings is 1. The molecule has 3 unspecified atom stereocenters. The number of hydrogen-bond acceptors (Lipinski definition) is 11. The van der Waals surface area contributed by atoms with Gasteiger partial charge in [0.2, 0.25) is 0 Å². The van der Waals surface area contributed by atoms with Crippen LogP contribution in [0.4, 0.5) is 36.6 Å². The molecule has 0 radical (unpaired) electrons. The Hall–Kier alpha value is -3.95. The summed E-state index contributed by atoms with van der Waals surface area (Å²) in [5.41, 5.74) is -0.0784. The molecular weight excluding hydrogens is 566 g/mol. The maximum absolute atomic E-state index is 15.6. The van der Waals surface area contributed by atoms with Crippen LogP contribution in [-0.4, -0.2) is 90.4 Å². The van der Waals surface area contributed by atoms with Gasteiger partial charge >= 0.3 is 6.09 Å². The highest BCUT2D eigenvalue weighted by atomic mass is 19.1. The molecule has 7 rings (SSSR count). The molecule has 3 atom stereocenters. The third kappa shape index (κ3) is 5.04. The standard InChI is InChI=1S/C28H32F2N8O5/c1-31-23-21(29)17-2-13(3-18(17)22(30)24(23)34-8-14-4-16(39)9-33-14)7-32-15-5-28(6-15)12-38(27(41)43-28)19-10-35-26-25(36-19)37-20(40)11-42-26/h10,13-16,32-34,39H,1-9,11-12H2,(H,36,37,40). The van der Waals surface area contributed by atoms with Gasteiger partial charge in [0.15, 0.2) is 29.9 Å². The molecule has 1 saturated carbocycles. The van der Waals surface area contributed by atoms with E-state index in [1.165, 1.54) is 11.1 Å². The van der Waals surface area contributed by atoms with E-state index in [0.29, 0.717) is 69.4 Å². The van der Waals surface area contributed by atoms with Crippen LogP contribution in [0.25, 0.3) is 0 Å². The minimum Gasteiger partial charge on any atom is -0.465 e. The van der Waals surface area contributed by atoms with Gasteiger partial charge in [0.05, 0.1) is 24.5 Å². The number of carbonyl (C=O) groups excluding carboxylic acids is 2. The van der Waals surface area contributed by atoms with Crippen molar-refractivity contribution >= 4 is 41.7 Å². The number of aliphatic hydroxyl groups excluding tert-OH is 1. The van der Waals surface area contributed by atoms with Crippen molar-refractivity contribution < 1.29 is 33.0 Å². The highest BCUT2D eigenvalue weighted by Crippen LogP contribution is 2.44. The highest BCUT2D eigenvalue weighted by molar-refractivity contribution is 5.95. The maximum atomic E-state index is 15.6. The summed E-state index contributed by atoms with van der Waals surface area (Å²) >= 11 is 0. The largest absolute Gasteiger partial charge is 0.465 e. The van der Waals surface area contributed by atoms with Gasteiger partial charge in [-0.2, -0.15) is 0 Å². The molecule has 5 N–H and O–H groups in total. The number of amides is 2. The number of halogens is 2. The Morgan fingerprint density at radius 3 is 2.74 bits per heavy atom.